The second-order valence-electron chi connectivity index (χ2n) is 6.93. The SMILES string of the molecule is COc1cccc(N2C(=O)C(c3ccc(C)cc3)=C(N3CCCC3)C2=O)c1. The Bertz CT molecular complexity index is 925. The van der Waals surface area contributed by atoms with Crippen LogP contribution in [-0.4, -0.2) is 36.9 Å². The van der Waals surface area contributed by atoms with Crippen LogP contribution in [0.2, 0.25) is 0 Å². The number of carbonyl (C=O) groups is 2. The zero-order chi connectivity index (χ0) is 19.0. The molecule has 1 fully saturated rings. The molecular weight excluding hydrogens is 340 g/mol. The number of aryl methyl sites for hydroxylation is 1. The molecule has 0 bridgehead atoms. The van der Waals surface area contributed by atoms with Crippen LogP contribution in [0.3, 0.4) is 0 Å². The molecule has 0 spiro atoms. The van der Waals surface area contributed by atoms with Crippen molar-refractivity contribution in [2.45, 2.75) is 19.8 Å². The first kappa shape index (κ1) is 17.3. The van der Waals surface area contributed by atoms with Gasteiger partial charge in [0.25, 0.3) is 11.8 Å². The van der Waals surface area contributed by atoms with Crippen LogP contribution in [-0.2, 0) is 9.59 Å². The van der Waals surface area contributed by atoms with E-state index in [9.17, 15) is 9.59 Å². The molecule has 0 N–H and O–H groups in total. The van der Waals surface area contributed by atoms with E-state index >= 15 is 0 Å². The van der Waals surface area contributed by atoms with Crippen molar-refractivity contribution in [3.8, 4) is 5.75 Å². The normalized spacial score (nSPS) is 17.3. The third-order valence-corrected chi connectivity index (χ3v) is 5.13. The van der Waals surface area contributed by atoms with Gasteiger partial charge in [0, 0.05) is 19.2 Å². The van der Waals surface area contributed by atoms with Gasteiger partial charge in [-0.15, -0.1) is 0 Å². The van der Waals surface area contributed by atoms with E-state index in [0.717, 1.165) is 37.1 Å². The number of nitrogens with zero attached hydrogens (tertiary/aromatic N) is 2. The lowest BCUT2D eigenvalue weighted by atomic mass is 10.0. The van der Waals surface area contributed by atoms with Crippen molar-refractivity contribution >= 4 is 23.1 Å². The molecule has 2 aromatic rings. The Balaban J connectivity index is 1.82. The number of methoxy groups -OCH3 is 1. The van der Waals surface area contributed by atoms with Gasteiger partial charge in [-0.3, -0.25) is 9.59 Å². The second kappa shape index (κ2) is 6.91. The zero-order valence-electron chi connectivity index (χ0n) is 15.6. The van der Waals surface area contributed by atoms with E-state index in [1.54, 1.807) is 31.4 Å². The Morgan fingerprint density at radius 2 is 1.63 bits per heavy atom. The molecule has 0 radical (unpaired) electrons. The average molecular weight is 362 g/mol. The molecule has 1 saturated heterocycles. The topological polar surface area (TPSA) is 49.9 Å². The highest BCUT2D eigenvalue weighted by Crippen LogP contribution is 2.36. The Labute approximate surface area is 158 Å². The van der Waals surface area contributed by atoms with Gasteiger partial charge in [0.05, 0.1) is 18.4 Å². The highest BCUT2D eigenvalue weighted by molar-refractivity contribution is 6.45. The van der Waals surface area contributed by atoms with Gasteiger partial charge in [0.2, 0.25) is 0 Å². The van der Waals surface area contributed by atoms with Crippen LogP contribution in [0.4, 0.5) is 5.69 Å². The van der Waals surface area contributed by atoms with E-state index in [0.29, 0.717) is 22.7 Å². The number of anilines is 1. The maximum atomic E-state index is 13.3. The molecule has 0 aliphatic carbocycles. The molecule has 2 aromatic carbocycles. The third kappa shape index (κ3) is 2.99. The summed E-state index contributed by atoms with van der Waals surface area (Å²) in [5.74, 6) is 0.0735. The number of hydrogen-bond acceptors (Lipinski definition) is 4. The minimum atomic E-state index is -0.279. The third-order valence-electron chi connectivity index (χ3n) is 5.13. The van der Waals surface area contributed by atoms with Crippen LogP contribution in [0.25, 0.3) is 5.57 Å². The van der Waals surface area contributed by atoms with Crippen LogP contribution in [0, 0.1) is 6.92 Å². The quantitative estimate of drug-likeness (QED) is 0.783. The standard InChI is InChI=1S/C22H22N2O3/c1-15-8-10-16(11-9-15)19-20(23-12-3-4-13-23)22(26)24(21(19)25)17-6-5-7-18(14-17)27-2/h5-11,14H,3-4,12-13H2,1-2H3. The van der Waals surface area contributed by atoms with E-state index in [2.05, 4.69) is 4.90 Å². The molecule has 2 amide bonds. The summed E-state index contributed by atoms with van der Waals surface area (Å²) >= 11 is 0. The fourth-order valence-electron chi connectivity index (χ4n) is 3.72. The lowest BCUT2D eigenvalue weighted by Gasteiger charge is -2.20. The first-order valence-corrected chi connectivity index (χ1v) is 9.19. The van der Waals surface area contributed by atoms with Gasteiger partial charge in [0.1, 0.15) is 11.4 Å². The Hall–Kier alpha value is -3.08. The summed E-state index contributed by atoms with van der Waals surface area (Å²) in [5, 5.41) is 0. The van der Waals surface area contributed by atoms with Crippen LogP contribution < -0.4 is 9.64 Å². The van der Waals surface area contributed by atoms with E-state index in [1.165, 1.54) is 4.90 Å². The number of carbonyl (C=O) groups excluding carboxylic acids is 2. The van der Waals surface area contributed by atoms with E-state index in [1.807, 2.05) is 31.2 Å². The number of likely N-dealkylation sites (tertiary alicyclic amines) is 1. The van der Waals surface area contributed by atoms with Crippen molar-refractivity contribution < 1.29 is 14.3 Å². The smallest absolute Gasteiger partial charge is 0.282 e. The van der Waals surface area contributed by atoms with Crippen LogP contribution in [0.5, 0.6) is 5.75 Å². The molecular formula is C22H22N2O3. The molecule has 4 rings (SSSR count). The lowest BCUT2D eigenvalue weighted by Crippen LogP contribution is -2.34. The summed E-state index contributed by atoms with van der Waals surface area (Å²) < 4.78 is 5.26. The molecule has 5 nitrogen and oxygen atoms in total. The maximum absolute atomic E-state index is 13.3. The highest BCUT2D eigenvalue weighted by atomic mass is 16.5. The van der Waals surface area contributed by atoms with Gasteiger partial charge in [-0.25, -0.2) is 4.90 Å². The van der Waals surface area contributed by atoms with Gasteiger partial charge in [-0.05, 0) is 37.5 Å². The minimum Gasteiger partial charge on any atom is -0.497 e. The summed E-state index contributed by atoms with van der Waals surface area (Å²) in [5.41, 5.74) is 3.44. The first-order chi connectivity index (χ1) is 13.1. The number of amides is 2. The lowest BCUT2D eigenvalue weighted by molar-refractivity contribution is -0.120. The van der Waals surface area contributed by atoms with Crippen LogP contribution in [0.15, 0.2) is 54.2 Å². The molecule has 27 heavy (non-hydrogen) atoms. The molecule has 0 atom stereocenters. The number of rotatable bonds is 4. The Morgan fingerprint density at radius 1 is 0.926 bits per heavy atom. The summed E-state index contributed by atoms with van der Waals surface area (Å²) in [4.78, 5) is 30.0. The van der Waals surface area contributed by atoms with Crippen molar-refractivity contribution in [2.24, 2.45) is 0 Å². The zero-order valence-corrected chi connectivity index (χ0v) is 15.6. The molecule has 0 unspecified atom stereocenters. The molecule has 5 heteroatoms. The fraction of sp³-hybridized carbons (Fsp3) is 0.273. The van der Waals surface area contributed by atoms with Crippen LogP contribution in [0.1, 0.15) is 24.0 Å². The number of hydrogen-bond donors (Lipinski definition) is 0. The van der Waals surface area contributed by atoms with Crippen LogP contribution >= 0.6 is 0 Å². The molecule has 2 heterocycles. The van der Waals surface area contributed by atoms with Crippen molar-refractivity contribution in [3.05, 3.63) is 65.4 Å². The number of ether oxygens (including phenoxy) is 1. The predicted molar refractivity (Wildman–Crippen MR) is 104 cm³/mol. The molecule has 2 aliphatic rings. The summed E-state index contributed by atoms with van der Waals surface area (Å²) in [6.07, 6.45) is 2.07. The Morgan fingerprint density at radius 3 is 2.30 bits per heavy atom. The van der Waals surface area contributed by atoms with Crippen molar-refractivity contribution in [1.82, 2.24) is 4.90 Å². The molecule has 0 aromatic heterocycles. The fourth-order valence-corrected chi connectivity index (χ4v) is 3.72. The summed E-state index contributed by atoms with van der Waals surface area (Å²) in [7, 11) is 1.57. The highest BCUT2D eigenvalue weighted by Gasteiger charge is 2.43. The van der Waals surface area contributed by atoms with E-state index < -0.39 is 0 Å². The second-order valence-corrected chi connectivity index (χ2v) is 6.93. The van der Waals surface area contributed by atoms with Gasteiger partial charge < -0.3 is 9.64 Å². The predicted octanol–water partition coefficient (Wildman–Crippen LogP) is 3.38. The van der Waals surface area contributed by atoms with Crippen molar-refractivity contribution in [2.75, 3.05) is 25.1 Å². The van der Waals surface area contributed by atoms with Crippen molar-refractivity contribution in [1.29, 1.82) is 0 Å². The number of benzene rings is 2. The van der Waals surface area contributed by atoms with Gasteiger partial charge >= 0.3 is 0 Å². The summed E-state index contributed by atoms with van der Waals surface area (Å²) in [6, 6.07) is 14.8. The monoisotopic (exact) mass is 362 g/mol. The Kier molecular flexibility index (Phi) is 4.44. The molecule has 2 aliphatic heterocycles. The maximum Gasteiger partial charge on any atom is 0.282 e. The summed E-state index contributed by atoms with van der Waals surface area (Å²) in [6.45, 7) is 3.61. The van der Waals surface area contributed by atoms with Crippen molar-refractivity contribution in [3.63, 3.8) is 0 Å². The largest absolute Gasteiger partial charge is 0.497 e. The average Bonchev–Trinajstić information content (AvgIpc) is 3.29. The first-order valence-electron chi connectivity index (χ1n) is 9.19. The van der Waals surface area contributed by atoms with E-state index in [4.69, 9.17) is 4.74 Å². The van der Waals surface area contributed by atoms with Gasteiger partial charge in [-0.1, -0.05) is 35.9 Å². The minimum absolute atomic E-state index is 0.259. The molecule has 0 saturated carbocycles. The van der Waals surface area contributed by atoms with E-state index in [-0.39, 0.29) is 11.8 Å². The molecule has 138 valence electrons. The van der Waals surface area contributed by atoms with Gasteiger partial charge in [0.15, 0.2) is 0 Å². The van der Waals surface area contributed by atoms with Gasteiger partial charge in [-0.2, -0.15) is 0 Å². The number of imide groups is 1.